The monoisotopic (exact) mass is 239 g/mol. The number of esters is 1. The normalized spacial score (nSPS) is 11.4. The van der Waals surface area contributed by atoms with E-state index >= 15 is 0 Å². The van der Waals surface area contributed by atoms with Crippen LogP contribution in [0.2, 0.25) is 5.02 Å². The molecule has 0 aliphatic rings. The van der Waals surface area contributed by atoms with Crippen LogP contribution in [0.5, 0.6) is 5.75 Å². The number of benzene rings is 1. The van der Waals surface area contributed by atoms with Gasteiger partial charge in [0.15, 0.2) is 6.10 Å². The van der Waals surface area contributed by atoms with Gasteiger partial charge in [-0.3, -0.25) is 0 Å². The standard InChI is InChI=1S/C11H10ClNO3/c1-7(11(14)15-2)16-10-4-3-8(6-13)5-9(10)12/h3-5,7H,1-2H3. The zero-order valence-corrected chi connectivity index (χ0v) is 9.62. The molecule has 0 aliphatic carbocycles. The number of carbonyl (C=O) groups excluding carboxylic acids is 1. The van der Waals surface area contributed by atoms with Gasteiger partial charge in [-0.15, -0.1) is 0 Å². The maximum Gasteiger partial charge on any atom is 0.346 e. The summed E-state index contributed by atoms with van der Waals surface area (Å²) in [5.41, 5.74) is 0.433. The molecule has 0 fully saturated rings. The lowest BCUT2D eigenvalue weighted by Crippen LogP contribution is -2.25. The lowest BCUT2D eigenvalue weighted by atomic mass is 10.2. The predicted octanol–water partition coefficient (Wildman–Crippen LogP) is 2.15. The van der Waals surface area contributed by atoms with Crippen LogP contribution in [0.15, 0.2) is 18.2 Å². The zero-order valence-electron chi connectivity index (χ0n) is 8.86. The molecule has 1 aromatic rings. The SMILES string of the molecule is COC(=O)C(C)Oc1ccc(C#N)cc1Cl. The van der Waals surface area contributed by atoms with Crippen molar-refractivity contribution in [2.75, 3.05) is 7.11 Å². The summed E-state index contributed by atoms with van der Waals surface area (Å²) >= 11 is 5.87. The summed E-state index contributed by atoms with van der Waals surface area (Å²) in [6.45, 7) is 1.56. The summed E-state index contributed by atoms with van der Waals surface area (Å²) in [6.07, 6.45) is -0.740. The average Bonchev–Trinajstić information content (AvgIpc) is 2.30. The largest absolute Gasteiger partial charge is 0.477 e. The highest BCUT2D eigenvalue weighted by Crippen LogP contribution is 2.26. The Morgan fingerprint density at radius 1 is 1.56 bits per heavy atom. The summed E-state index contributed by atoms with van der Waals surface area (Å²) in [4.78, 5) is 11.1. The van der Waals surface area contributed by atoms with Crippen LogP contribution in [-0.4, -0.2) is 19.2 Å². The molecular formula is C11H10ClNO3. The van der Waals surface area contributed by atoms with E-state index in [4.69, 9.17) is 21.6 Å². The van der Waals surface area contributed by atoms with Gasteiger partial charge in [-0.2, -0.15) is 5.26 Å². The van der Waals surface area contributed by atoms with Crippen LogP contribution in [0, 0.1) is 11.3 Å². The molecule has 0 heterocycles. The van der Waals surface area contributed by atoms with E-state index in [1.165, 1.54) is 13.2 Å². The molecule has 0 spiro atoms. The minimum atomic E-state index is -0.740. The van der Waals surface area contributed by atoms with Crippen molar-refractivity contribution >= 4 is 17.6 Å². The fourth-order valence-corrected chi connectivity index (χ4v) is 1.30. The van der Waals surface area contributed by atoms with Crippen LogP contribution in [0.3, 0.4) is 0 Å². The second-order valence-electron chi connectivity index (χ2n) is 3.04. The molecular weight excluding hydrogens is 230 g/mol. The molecule has 0 bridgehead atoms. The van der Waals surface area contributed by atoms with Gasteiger partial charge in [0.1, 0.15) is 5.75 Å². The maximum atomic E-state index is 11.1. The highest BCUT2D eigenvalue weighted by atomic mass is 35.5. The van der Waals surface area contributed by atoms with Crippen molar-refractivity contribution in [3.8, 4) is 11.8 Å². The van der Waals surface area contributed by atoms with Crippen molar-refractivity contribution in [3.63, 3.8) is 0 Å². The van der Waals surface area contributed by atoms with E-state index in [1.54, 1.807) is 19.1 Å². The molecule has 1 atom stereocenters. The quantitative estimate of drug-likeness (QED) is 0.759. The number of halogens is 1. The molecule has 0 N–H and O–H groups in total. The Morgan fingerprint density at radius 3 is 2.75 bits per heavy atom. The minimum absolute atomic E-state index is 0.287. The minimum Gasteiger partial charge on any atom is -0.477 e. The van der Waals surface area contributed by atoms with Gasteiger partial charge in [-0.1, -0.05) is 11.6 Å². The van der Waals surface area contributed by atoms with Gasteiger partial charge in [-0.25, -0.2) is 4.79 Å². The van der Waals surface area contributed by atoms with Crippen LogP contribution in [0.25, 0.3) is 0 Å². The highest BCUT2D eigenvalue weighted by Gasteiger charge is 2.16. The fourth-order valence-electron chi connectivity index (χ4n) is 1.07. The van der Waals surface area contributed by atoms with Gasteiger partial charge in [0, 0.05) is 0 Å². The molecule has 1 unspecified atom stereocenters. The lowest BCUT2D eigenvalue weighted by molar-refractivity contribution is -0.147. The van der Waals surface area contributed by atoms with Gasteiger partial charge in [0.05, 0.1) is 23.8 Å². The Bertz CT molecular complexity index is 439. The molecule has 0 saturated heterocycles. The predicted molar refractivity (Wildman–Crippen MR) is 58.3 cm³/mol. The zero-order chi connectivity index (χ0) is 12.1. The first-order valence-corrected chi connectivity index (χ1v) is 4.90. The first kappa shape index (κ1) is 12.3. The van der Waals surface area contributed by atoms with Gasteiger partial charge in [0.2, 0.25) is 0 Å². The van der Waals surface area contributed by atoms with Crippen LogP contribution >= 0.6 is 11.6 Å². The van der Waals surface area contributed by atoms with Gasteiger partial charge >= 0.3 is 5.97 Å². The van der Waals surface area contributed by atoms with Gasteiger partial charge in [-0.05, 0) is 25.1 Å². The van der Waals surface area contributed by atoms with E-state index in [-0.39, 0.29) is 5.02 Å². The first-order chi connectivity index (χ1) is 7.58. The maximum absolute atomic E-state index is 11.1. The van der Waals surface area contributed by atoms with Crippen LogP contribution in [0.1, 0.15) is 12.5 Å². The van der Waals surface area contributed by atoms with E-state index in [1.807, 2.05) is 6.07 Å². The van der Waals surface area contributed by atoms with Gasteiger partial charge in [0.25, 0.3) is 0 Å². The molecule has 0 radical (unpaired) electrons. The molecule has 84 valence electrons. The average molecular weight is 240 g/mol. The fraction of sp³-hybridized carbons (Fsp3) is 0.273. The summed E-state index contributed by atoms with van der Waals surface area (Å²) < 4.78 is 9.79. The molecule has 1 aromatic carbocycles. The molecule has 0 amide bonds. The number of carbonyl (C=O) groups is 1. The Morgan fingerprint density at radius 2 is 2.25 bits per heavy atom. The number of hydrogen-bond acceptors (Lipinski definition) is 4. The summed E-state index contributed by atoms with van der Waals surface area (Å²) in [6, 6.07) is 6.53. The third-order valence-electron chi connectivity index (χ3n) is 1.90. The number of hydrogen-bond donors (Lipinski definition) is 0. The Hall–Kier alpha value is -1.73. The third-order valence-corrected chi connectivity index (χ3v) is 2.19. The van der Waals surface area contributed by atoms with Gasteiger partial charge < -0.3 is 9.47 Å². The molecule has 0 aliphatic heterocycles. The van der Waals surface area contributed by atoms with Crippen molar-refractivity contribution in [1.29, 1.82) is 5.26 Å². The number of ether oxygens (including phenoxy) is 2. The summed E-state index contributed by atoms with van der Waals surface area (Å²) in [7, 11) is 1.28. The lowest BCUT2D eigenvalue weighted by Gasteiger charge is -2.13. The third kappa shape index (κ3) is 2.88. The Kier molecular flexibility index (Phi) is 4.15. The van der Waals surface area contributed by atoms with Crippen LogP contribution < -0.4 is 4.74 Å². The number of rotatable bonds is 3. The topological polar surface area (TPSA) is 59.3 Å². The number of nitrogens with zero attached hydrogens (tertiary/aromatic N) is 1. The molecule has 0 saturated carbocycles. The molecule has 5 heteroatoms. The van der Waals surface area contributed by atoms with Crippen LogP contribution in [0.4, 0.5) is 0 Å². The Balaban J connectivity index is 2.83. The van der Waals surface area contributed by atoms with E-state index in [0.29, 0.717) is 11.3 Å². The van der Waals surface area contributed by atoms with E-state index in [0.717, 1.165) is 0 Å². The molecule has 4 nitrogen and oxygen atoms in total. The highest BCUT2D eigenvalue weighted by molar-refractivity contribution is 6.32. The van der Waals surface area contributed by atoms with E-state index in [2.05, 4.69) is 4.74 Å². The van der Waals surface area contributed by atoms with Crippen molar-refractivity contribution in [2.45, 2.75) is 13.0 Å². The smallest absolute Gasteiger partial charge is 0.346 e. The second-order valence-corrected chi connectivity index (χ2v) is 3.45. The number of methoxy groups -OCH3 is 1. The molecule has 1 rings (SSSR count). The number of nitriles is 1. The van der Waals surface area contributed by atoms with E-state index in [9.17, 15) is 4.79 Å². The summed E-state index contributed by atoms with van der Waals surface area (Å²) in [5.74, 6) is -0.140. The van der Waals surface area contributed by atoms with Crippen molar-refractivity contribution < 1.29 is 14.3 Å². The van der Waals surface area contributed by atoms with E-state index < -0.39 is 12.1 Å². The molecule has 0 aromatic heterocycles. The van der Waals surface area contributed by atoms with Crippen LogP contribution in [-0.2, 0) is 9.53 Å². The Labute approximate surface area is 98.3 Å². The van der Waals surface area contributed by atoms with Crippen molar-refractivity contribution in [1.82, 2.24) is 0 Å². The second kappa shape index (κ2) is 5.38. The first-order valence-electron chi connectivity index (χ1n) is 4.52. The van der Waals surface area contributed by atoms with Crippen molar-refractivity contribution in [2.24, 2.45) is 0 Å². The summed E-state index contributed by atoms with van der Waals surface area (Å²) in [5, 5.41) is 8.92. The van der Waals surface area contributed by atoms with Crippen molar-refractivity contribution in [3.05, 3.63) is 28.8 Å². The molecule has 16 heavy (non-hydrogen) atoms.